The molecule has 0 heterocycles. The van der Waals surface area contributed by atoms with Crippen LogP contribution >= 0.6 is 23.2 Å². The Morgan fingerprint density at radius 1 is 1.06 bits per heavy atom. The molecule has 0 spiro atoms. The molecule has 0 aliphatic rings. The fourth-order valence-corrected chi connectivity index (χ4v) is 4.79. The first-order valence-electron chi connectivity index (χ1n) is 10.3. The SMILES string of the molecule is C=CCc1cc(F)cc(-c2c(Cl)cccc2Cl)c1OC(C=C)COS(=O)(=O)c1ccc(C)cc1. The Morgan fingerprint density at radius 2 is 1.71 bits per heavy atom. The smallest absolute Gasteiger partial charge is 0.297 e. The lowest BCUT2D eigenvalue weighted by Crippen LogP contribution is -2.24. The van der Waals surface area contributed by atoms with Gasteiger partial charge in [-0.3, -0.25) is 4.18 Å². The fraction of sp³-hybridized carbons (Fsp3) is 0.154. The van der Waals surface area contributed by atoms with Crippen LogP contribution in [0.4, 0.5) is 4.39 Å². The van der Waals surface area contributed by atoms with Gasteiger partial charge in [0.25, 0.3) is 10.1 Å². The van der Waals surface area contributed by atoms with E-state index in [1.165, 1.54) is 30.3 Å². The molecule has 34 heavy (non-hydrogen) atoms. The molecule has 0 aliphatic carbocycles. The number of ether oxygens (including phenoxy) is 1. The second kappa shape index (κ2) is 11.2. The molecule has 0 fully saturated rings. The van der Waals surface area contributed by atoms with E-state index in [9.17, 15) is 12.8 Å². The zero-order valence-corrected chi connectivity index (χ0v) is 20.8. The van der Waals surface area contributed by atoms with Crippen molar-refractivity contribution in [2.24, 2.45) is 0 Å². The fourth-order valence-electron chi connectivity index (χ4n) is 3.27. The highest BCUT2D eigenvalue weighted by Gasteiger charge is 2.23. The molecule has 4 nitrogen and oxygen atoms in total. The van der Waals surface area contributed by atoms with Crippen molar-refractivity contribution in [1.29, 1.82) is 0 Å². The van der Waals surface area contributed by atoms with Crippen LogP contribution in [-0.2, 0) is 20.7 Å². The summed E-state index contributed by atoms with van der Waals surface area (Å²) in [5.74, 6) is -0.235. The van der Waals surface area contributed by atoms with Gasteiger partial charge in [-0.05, 0) is 55.8 Å². The van der Waals surface area contributed by atoms with E-state index >= 15 is 0 Å². The Labute approximate surface area is 209 Å². The van der Waals surface area contributed by atoms with Crippen LogP contribution in [0.5, 0.6) is 5.75 Å². The minimum Gasteiger partial charge on any atom is -0.483 e. The van der Waals surface area contributed by atoms with Crippen molar-refractivity contribution < 1.29 is 21.7 Å². The average molecular weight is 521 g/mol. The molecule has 0 saturated heterocycles. The van der Waals surface area contributed by atoms with Crippen LogP contribution in [0.15, 0.2) is 84.8 Å². The highest BCUT2D eigenvalue weighted by atomic mass is 35.5. The lowest BCUT2D eigenvalue weighted by atomic mass is 9.99. The molecule has 3 rings (SSSR count). The van der Waals surface area contributed by atoms with E-state index < -0.39 is 22.0 Å². The van der Waals surface area contributed by atoms with Gasteiger partial charge in [-0.1, -0.05) is 59.6 Å². The first kappa shape index (κ1) is 26.0. The lowest BCUT2D eigenvalue weighted by Gasteiger charge is -2.22. The monoisotopic (exact) mass is 520 g/mol. The van der Waals surface area contributed by atoms with E-state index in [4.69, 9.17) is 32.1 Å². The van der Waals surface area contributed by atoms with Crippen molar-refractivity contribution >= 4 is 33.3 Å². The Balaban J connectivity index is 1.97. The third-order valence-corrected chi connectivity index (χ3v) is 6.88. The van der Waals surface area contributed by atoms with E-state index in [1.54, 1.807) is 36.4 Å². The third kappa shape index (κ3) is 6.07. The number of benzene rings is 3. The van der Waals surface area contributed by atoms with Crippen molar-refractivity contribution in [3.8, 4) is 16.9 Å². The first-order chi connectivity index (χ1) is 16.2. The summed E-state index contributed by atoms with van der Waals surface area (Å²) in [6.07, 6.45) is 2.41. The second-order valence-electron chi connectivity index (χ2n) is 7.47. The second-order valence-corrected chi connectivity index (χ2v) is 9.90. The number of hydrogen-bond donors (Lipinski definition) is 0. The highest BCUT2D eigenvalue weighted by Crippen LogP contribution is 2.42. The van der Waals surface area contributed by atoms with Gasteiger partial charge in [-0.25, -0.2) is 4.39 Å². The van der Waals surface area contributed by atoms with Gasteiger partial charge in [0.2, 0.25) is 0 Å². The molecule has 178 valence electrons. The van der Waals surface area contributed by atoms with Gasteiger partial charge in [0.1, 0.15) is 24.3 Å². The van der Waals surface area contributed by atoms with E-state index in [1.807, 2.05) is 6.92 Å². The molecular formula is C26H23Cl2FO4S. The van der Waals surface area contributed by atoms with Gasteiger partial charge in [-0.2, -0.15) is 8.42 Å². The summed E-state index contributed by atoms with van der Waals surface area (Å²) in [5.41, 5.74) is 2.11. The summed E-state index contributed by atoms with van der Waals surface area (Å²) in [6, 6.07) is 13.8. The number of halogens is 3. The lowest BCUT2D eigenvalue weighted by molar-refractivity contribution is 0.167. The normalized spacial score (nSPS) is 12.2. The Hall–Kier alpha value is -2.64. The molecule has 0 amide bonds. The minimum absolute atomic E-state index is 0.0265. The van der Waals surface area contributed by atoms with Gasteiger partial charge in [0.15, 0.2) is 0 Å². The maximum atomic E-state index is 14.5. The first-order valence-corrected chi connectivity index (χ1v) is 12.5. The van der Waals surface area contributed by atoms with Crippen LogP contribution in [0.25, 0.3) is 11.1 Å². The summed E-state index contributed by atoms with van der Waals surface area (Å²) >= 11 is 12.8. The van der Waals surface area contributed by atoms with Crippen LogP contribution in [-0.4, -0.2) is 21.1 Å². The van der Waals surface area contributed by atoms with Gasteiger partial charge < -0.3 is 4.74 Å². The maximum Gasteiger partial charge on any atom is 0.297 e. The number of allylic oxidation sites excluding steroid dienone is 1. The molecule has 0 saturated carbocycles. The van der Waals surface area contributed by atoms with Crippen LogP contribution in [0, 0.1) is 12.7 Å². The van der Waals surface area contributed by atoms with Crippen molar-refractivity contribution in [2.75, 3.05) is 6.61 Å². The van der Waals surface area contributed by atoms with Gasteiger partial charge >= 0.3 is 0 Å². The number of rotatable bonds is 10. The van der Waals surface area contributed by atoms with E-state index in [0.717, 1.165) is 5.56 Å². The molecule has 3 aromatic carbocycles. The molecule has 0 aromatic heterocycles. The highest BCUT2D eigenvalue weighted by molar-refractivity contribution is 7.86. The van der Waals surface area contributed by atoms with Gasteiger partial charge in [-0.15, -0.1) is 6.58 Å². The number of hydrogen-bond acceptors (Lipinski definition) is 4. The molecule has 0 bridgehead atoms. The van der Waals surface area contributed by atoms with Crippen LogP contribution in [0.1, 0.15) is 11.1 Å². The minimum atomic E-state index is -4.02. The summed E-state index contributed by atoms with van der Waals surface area (Å²) in [4.78, 5) is 0.0265. The predicted molar refractivity (Wildman–Crippen MR) is 135 cm³/mol. The Bertz CT molecular complexity index is 1280. The molecule has 0 N–H and O–H groups in total. The Morgan fingerprint density at radius 3 is 2.29 bits per heavy atom. The largest absolute Gasteiger partial charge is 0.483 e. The van der Waals surface area contributed by atoms with Gasteiger partial charge in [0.05, 0.1) is 14.9 Å². The molecule has 0 aliphatic heterocycles. The zero-order chi connectivity index (χ0) is 24.9. The molecule has 3 aromatic rings. The van der Waals surface area contributed by atoms with E-state index in [2.05, 4.69) is 13.2 Å². The van der Waals surface area contributed by atoms with Crippen molar-refractivity contribution in [2.45, 2.75) is 24.3 Å². The van der Waals surface area contributed by atoms with Crippen molar-refractivity contribution in [3.63, 3.8) is 0 Å². The summed E-state index contributed by atoms with van der Waals surface area (Å²) in [5, 5.41) is 0.613. The van der Waals surface area contributed by atoms with Gasteiger partial charge in [0, 0.05) is 16.7 Å². The van der Waals surface area contributed by atoms with Crippen molar-refractivity contribution in [1.82, 2.24) is 0 Å². The Kier molecular flexibility index (Phi) is 8.55. The van der Waals surface area contributed by atoms with E-state index in [0.29, 0.717) is 26.7 Å². The average Bonchev–Trinajstić information content (AvgIpc) is 2.78. The number of aryl methyl sites for hydroxylation is 1. The van der Waals surface area contributed by atoms with Crippen LogP contribution < -0.4 is 4.74 Å². The topological polar surface area (TPSA) is 52.6 Å². The molecular weight excluding hydrogens is 498 g/mol. The van der Waals surface area contributed by atoms with Crippen LogP contribution in [0.2, 0.25) is 10.0 Å². The van der Waals surface area contributed by atoms with E-state index in [-0.39, 0.29) is 23.7 Å². The standard InChI is InChI=1S/C26H23Cl2FO4S/c1-4-7-18-14-19(29)15-22(25-23(27)8-6-9-24(25)28)26(18)33-20(5-2)16-32-34(30,31)21-12-10-17(3)11-13-21/h4-6,8-15,20H,1-2,7,16H2,3H3. The van der Waals surface area contributed by atoms with Crippen molar-refractivity contribution in [3.05, 3.63) is 107 Å². The zero-order valence-electron chi connectivity index (χ0n) is 18.4. The quantitative estimate of drug-likeness (QED) is 0.210. The molecule has 1 unspecified atom stereocenters. The third-order valence-electron chi connectivity index (χ3n) is 4.96. The maximum absolute atomic E-state index is 14.5. The summed E-state index contributed by atoms with van der Waals surface area (Å²) < 4.78 is 51.1. The molecule has 1 atom stereocenters. The predicted octanol–water partition coefficient (Wildman–Crippen LogP) is 7.18. The summed E-state index contributed by atoms with van der Waals surface area (Å²) in [6.45, 7) is 8.95. The molecule has 0 radical (unpaired) electrons. The van der Waals surface area contributed by atoms with Crippen LogP contribution in [0.3, 0.4) is 0 Å². The molecule has 8 heteroatoms. The summed E-state index contributed by atoms with van der Waals surface area (Å²) in [7, 11) is -4.02.